The Kier molecular flexibility index (Phi) is 7.98. The Bertz CT molecular complexity index is 240. The molecule has 0 aromatic carbocycles. The molecule has 0 atom stereocenters. The number of nitrogens with one attached hydrogen (secondary N) is 1. The van der Waals surface area contributed by atoms with Gasteiger partial charge in [0.05, 0.1) is 6.54 Å². The van der Waals surface area contributed by atoms with E-state index in [1.807, 2.05) is 6.92 Å². The highest BCUT2D eigenvalue weighted by molar-refractivity contribution is 5.78. The third-order valence-corrected chi connectivity index (χ3v) is 2.76. The zero-order chi connectivity index (χ0) is 14.2. The molecule has 1 amide bonds. The number of hydrogen-bond donors (Lipinski definition) is 1. The normalized spacial score (nSPS) is 11.9. The average molecular weight is 268 g/mol. The lowest BCUT2D eigenvalue weighted by atomic mass is 10.1. The molecular weight excluding hydrogens is 245 g/mol. The van der Waals surface area contributed by atoms with Crippen LogP contribution in [0.3, 0.4) is 0 Å². The summed E-state index contributed by atoms with van der Waals surface area (Å²) in [6, 6.07) is -0.345. The van der Waals surface area contributed by atoms with Crippen LogP contribution in [0.2, 0.25) is 0 Å². The predicted octanol–water partition coefficient (Wildman–Crippen LogP) is 2.57. The van der Waals surface area contributed by atoms with Crippen LogP contribution in [-0.2, 0) is 4.79 Å². The Morgan fingerprint density at radius 2 is 1.78 bits per heavy atom. The van der Waals surface area contributed by atoms with E-state index in [0.29, 0.717) is 19.4 Å². The molecule has 0 aliphatic heterocycles. The quantitative estimate of drug-likeness (QED) is 0.686. The average Bonchev–Trinajstić information content (AvgIpc) is 2.28. The van der Waals surface area contributed by atoms with E-state index in [0.717, 1.165) is 11.3 Å². The van der Waals surface area contributed by atoms with Crippen LogP contribution in [0.25, 0.3) is 0 Å². The Balaban J connectivity index is 4.58. The van der Waals surface area contributed by atoms with Gasteiger partial charge >= 0.3 is 6.18 Å². The molecule has 0 unspecified atom stereocenters. The van der Waals surface area contributed by atoms with Crippen molar-refractivity contribution in [3.8, 4) is 0 Å². The van der Waals surface area contributed by atoms with Gasteiger partial charge in [0, 0.05) is 6.04 Å². The minimum Gasteiger partial charge on any atom is -0.330 e. The molecule has 0 spiro atoms. The Labute approximate surface area is 107 Å². The van der Waals surface area contributed by atoms with Gasteiger partial charge in [-0.25, -0.2) is 0 Å². The lowest BCUT2D eigenvalue weighted by Crippen LogP contribution is -2.48. The standard InChI is InChI=1S/C12H23F3N2O/c1-4-7-16-8-11(18)17(9-12(13,14)15)10(5-2)6-3/h10,16H,4-9H2,1-3H3. The summed E-state index contributed by atoms with van der Waals surface area (Å²) in [5.74, 6) is -0.477. The van der Waals surface area contributed by atoms with Gasteiger partial charge in [0.15, 0.2) is 0 Å². The number of rotatable bonds is 8. The van der Waals surface area contributed by atoms with Crippen molar-refractivity contribution in [1.82, 2.24) is 10.2 Å². The van der Waals surface area contributed by atoms with Crippen molar-refractivity contribution in [3.63, 3.8) is 0 Å². The molecule has 3 nitrogen and oxygen atoms in total. The van der Waals surface area contributed by atoms with Crippen molar-refractivity contribution in [2.24, 2.45) is 0 Å². The van der Waals surface area contributed by atoms with Crippen LogP contribution in [-0.4, -0.2) is 42.7 Å². The van der Waals surface area contributed by atoms with Gasteiger partial charge in [-0.15, -0.1) is 0 Å². The molecule has 0 aromatic heterocycles. The lowest BCUT2D eigenvalue weighted by Gasteiger charge is -2.31. The lowest BCUT2D eigenvalue weighted by molar-refractivity contribution is -0.165. The van der Waals surface area contributed by atoms with Crippen molar-refractivity contribution in [2.75, 3.05) is 19.6 Å². The van der Waals surface area contributed by atoms with Crippen molar-refractivity contribution in [2.45, 2.75) is 52.3 Å². The van der Waals surface area contributed by atoms with Crippen LogP contribution >= 0.6 is 0 Å². The second-order valence-corrected chi connectivity index (χ2v) is 4.28. The third kappa shape index (κ3) is 6.83. The summed E-state index contributed by atoms with van der Waals surface area (Å²) in [6.45, 7) is 4.97. The molecule has 0 heterocycles. The maximum Gasteiger partial charge on any atom is 0.406 e. The predicted molar refractivity (Wildman–Crippen MR) is 65.3 cm³/mol. The molecule has 0 aliphatic carbocycles. The number of nitrogens with zero attached hydrogens (tertiary/aromatic N) is 1. The first-order valence-corrected chi connectivity index (χ1v) is 6.42. The van der Waals surface area contributed by atoms with E-state index in [2.05, 4.69) is 5.32 Å². The maximum atomic E-state index is 12.5. The van der Waals surface area contributed by atoms with Crippen molar-refractivity contribution in [1.29, 1.82) is 0 Å². The number of alkyl halides is 3. The molecule has 0 saturated carbocycles. The molecular formula is C12H23F3N2O. The highest BCUT2D eigenvalue weighted by atomic mass is 19.4. The van der Waals surface area contributed by atoms with Crippen LogP contribution in [0.4, 0.5) is 13.2 Å². The van der Waals surface area contributed by atoms with Gasteiger partial charge in [-0.3, -0.25) is 4.79 Å². The topological polar surface area (TPSA) is 32.3 Å². The van der Waals surface area contributed by atoms with Crippen molar-refractivity contribution >= 4 is 5.91 Å². The molecule has 0 aliphatic rings. The number of amides is 1. The van der Waals surface area contributed by atoms with Crippen molar-refractivity contribution < 1.29 is 18.0 Å². The zero-order valence-electron chi connectivity index (χ0n) is 11.3. The van der Waals surface area contributed by atoms with Crippen LogP contribution in [0, 0.1) is 0 Å². The fourth-order valence-electron chi connectivity index (χ4n) is 1.82. The number of carbonyl (C=O) groups excluding carboxylic acids is 1. The van der Waals surface area contributed by atoms with Gasteiger partial charge in [0.2, 0.25) is 5.91 Å². The molecule has 0 bridgehead atoms. The van der Waals surface area contributed by atoms with Crippen LogP contribution < -0.4 is 5.32 Å². The first kappa shape index (κ1) is 17.2. The zero-order valence-corrected chi connectivity index (χ0v) is 11.3. The SMILES string of the molecule is CCCNCC(=O)N(CC(F)(F)F)C(CC)CC. The fraction of sp³-hybridized carbons (Fsp3) is 0.917. The summed E-state index contributed by atoms with van der Waals surface area (Å²) in [6.07, 6.45) is -2.43. The Morgan fingerprint density at radius 3 is 2.17 bits per heavy atom. The fourth-order valence-corrected chi connectivity index (χ4v) is 1.82. The minimum atomic E-state index is -4.34. The second kappa shape index (κ2) is 8.34. The van der Waals surface area contributed by atoms with E-state index < -0.39 is 18.6 Å². The smallest absolute Gasteiger partial charge is 0.330 e. The number of halogens is 3. The highest BCUT2D eigenvalue weighted by Gasteiger charge is 2.35. The molecule has 0 aromatic rings. The molecule has 18 heavy (non-hydrogen) atoms. The van der Waals surface area contributed by atoms with E-state index in [1.165, 1.54) is 0 Å². The number of hydrogen-bond acceptors (Lipinski definition) is 2. The minimum absolute atomic E-state index is 0.0274. The van der Waals surface area contributed by atoms with Gasteiger partial charge in [-0.1, -0.05) is 20.8 Å². The molecule has 0 radical (unpaired) electrons. The summed E-state index contributed by atoms with van der Waals surface area (Å²) < 4.78 is 37.4. The largest absolute Gasteiger partial charge is 0.406 e. The van der Waals surface area contributed by atoms with Crippen LogP contribution in [0.1, 0.15) is 40.0 Å². The van der Waals surface area contributed by atoms with Crippen LogP contribution in [0.5, 0.6) is 0 Å². The second-order valence-electron chi connectivity index (χ2n) is 4.28. The third-order valence-electron chi connectivity index (χ3n) is 2.76. The highest BCUT2D eigenvalue weighted by Crippen LogP contribution is 2.20. The van der Waals surface area contributed by atoms with E-state index in [-0.39, 0.29) is 12.6 Å². The summed E-state index contributed by atoms with van der Waals surface area (Å²) >= 11 is 0. The summed E-state index contributed by atoms with van der Waals surface area (Å²) in [5, 5.41) is 2.85. The number of carbonyl (C=O) groups is 1. The molecule has 6 heteroatoms. The van der Waals surface area contributed by atoms with Gasteiger partial charge in [-0.05, 0) is 25.8 Å². The molecule has 1 N–H and O–H groups in total. The Morgan fingerprint density at radius 1 is 1.22 bits per heavy atom. The molecule has 0 fully saturated rings. The van der Waals surface area contributed by atoms with Crippen molar-refractivity contribution in [3.05, 3.63) is 0 Å². The first-order chi connectivity index (χ1) is 8.35. The monoisotopic (exact) mass is 268 g/mol. The van der Waals surface area contributed by atoms with Gasteiger partial charge in [0.1, 0.15) is 6.54 Å². The maximum absolute atomic E-state index is 12.5. The summed E-state index contributed by atoms with van der Waals surface area (Å²) in [4.78, 5) is 12.8. The molecule has 108 valence electrons. The van der Waals surface area contributed by atoms with Crippen LogP contribution in [0.15, 0.2) is 0 Å². The summed E-state index contributed by atoms with van der Waals surface area (Å²) in [7, 11) is 0. The van der Waals surface area contributed by atoms with E-state index in [1.54, 1.807) is 13.8 Å². The van der Waals surface area contributed by atoms with E-state index in [9.17, 15) is 18.0 Å². The van der Waals surface area contributed by atoms with Gasteiger partial charge in [-0.2, -0.15) is 13.2 Å². The van der Waals surface area contributed by atoms with E-state index in [4.69, 9.17) is 0 Å². The summed E-state index contributed by atoms with van der Waals surface area (Å²) in [5.41, 5.74) is 0. The van der Waals surface area contributed by atoms with E-state index >= 15 is 0 Å². The van der Waals surface area contributed by atoms with Gasteiger partial charge < -0.3 is 10.2 Å². The Hall–Kier alpha value is -0.780. The molecule has 0 saturated heterocycles. The first-order valence-electron chi connectivity index (χ1n) is 6.42. The molecule has 0 rings (SSSR count). The van der Waals surface area contributed by atoms with Gasteiger partial charge in [0.25, 0.3) is 0 Å².